The molecular weight excluding hydrogens is 680 g/mol. The fourth-order valence-electron chi connectivity index (χ4n) is 6.38. The predicted octanol–water partition coefficient (Wildman–Crippen LogP) is -6.46. The fourth-order valence-corrected chi connectivity index (χ4v) is 6.38. The summed E-state index contributed by atoms with van der Waals surface area (Å²) in [5.74, 6) is 0. The number of unbranched alkanes of at least 4 members (excludes halogenated alkanes) is 2. The van der Waals surface area contributed by atoms with Crippen molar-refractivity contribution in [3.63, 3.8) is 0 Å². The van der Waals surface area contributed by atoms with Crippen molar-refractivity contribution in [1.29, 1.82) is 0 Å². The van der Waals surface area contributed by atoms with Gasteiger partial charge in [-0.15, -0.1) is 0 Å². The molecule has 20 nitrogen and oxygen atoms in total. The second-order valence-electron chi connectivity index (χ2n) is 13.0. The molecule has 0 bridgehead atoms. The molecule has 0 radical (unpaired) electrons. The molecule has 4 fully saturated rings. The molecule has 4 heterocycles. The SMILES string of the molecule is CCCCCOC1C(O)C(CO)OC(OC2C(O)C(CO)OC(OC3C(O)C(C)OC(COC4OC(CO)C(O)C(O)C4O)C3O)C2O)C1O. The van der Waals surface area contributed by atoms with Crippen molar-refractivity contribution in [2.75, 3.05) is 33.0 Å². The normalized spacial score (nSPS) is 48.8. The lowest BCUT2D eigenvalue weighted by molar-refractivity contribution is -0.376. The molecule has 4 saturated heterocycles. The van der Waals surface area contributed by atoms with Gasteiger partial charge in [0.15, 0.2) is 18.9 Å². The summed E-state index contributed by atoms with van der Waals surface area (Å²) in [7, 11) is 0. The summed E-state index contributed by atoms with van der Waals surface area (Å²) >= 11 is 0. The molecule has 20 heteroatoms. The van der Waals surface area contributed by atoms with E-state index in [9.17, 15) is 61.3 Å². The molecule has 12 N–H and O–H groups in total. The van der Waals surface area contributed by atoms with E-state index in [-0.39, 0.29) is 6.61 Å². The van der Waals surface area contributed by atoms with Gasteiger partial charge in [0.05, 0.1) is 32.5 Å². The van der Waals surface area contributed by atoms with Gasteiger partial charge in [0, 0.05) is 6.61 Å². The van der Waals surface area contributed by atoms with Gasteiger partial charge in [0.1, 0.15) is 97.7 Å². The molecule has 294 valence electrons. The van der Waals surface area contributed by atoms with Gasteiger partial charge in [0.25, 0.3) is 0 Å². The van der Waals surface area contributed by atoms with Gasteiger partial charge >= 0.3 is 0 Å². The lowest BCUT2D eigenvalue weighted by Crippen LogP contribution is -2.67. The molecule has 0 spiro atoms. The highest BCUT2D eigenvalue weighted by Gasteiger charge is 2.54. The second-order valence-corrected chi connectivity index (χ2v) is 13.0. The third-order valence-corrected chi connectivity index (χ3v) is 9.48. The van der Waals surface area contributed by atoms with Crippen LogP contribution in [0.25, 0.3) is 0 Å². The fraction of sp³-hybridized carbons (Fsp3) is 1.00. The van der Waals surface area contributed by atoms with Gasteiger partial charge in [-0.1, -0.05) is 19.8 Å². The van der Waals surface area contributed by atoms with Crippen LogP contribution in [0.2, 0.25) is 0 Å². The Morgan fingerprint density at radius 3 is 1.50 bits per heavy atom. The minimum absolute atomic E-state index is 0.172. The van der Waals surface area contributed by atoms with Crippen LogP contribution < -0.4 is 0 Å². The zero-order valence-electron chi connectivity index (χ0n) is 27.8. The van der Waals surface area contributed by atoms with E-state index >= 15 is 0 Å². The Bertz CT molecular complexity index is 996. The standard InChI is InChI=1S/C30H54O20/c1-3-4-5-6-43-25-18(36)13(8-32)47-29(23(25)41)50-27-19(37)14(9-33)48-30(24(27)42)49-26-16(34)11(2)45-15(20(26)38)10-44-28-22(40)21(39)17(35)12(7-31)46-28/h11-42H,3-10H2,1-2H3. The van der Waals surface area contributed by atoms with Crippen molar-refractivity contribution in [2.45, 2.75) is 156 Å². The molecule has 0 saturated carbocycles. The van der Waals surface area contributed by atoms with Crippen LogP contribution in [0.4, 0.5) is 0 Å². The molecule has 4 aliphatic heterocycles. The summed E-state index contributed by atoms with van der Waals surface area (Å²) in [4.78, 5) is 0. The van der Waals surface area contributed by atoms with Crippen molar-refractivity contribution in [3.05, 3.63) is 0 Å². The first-order valence-electron chi connectivity index (χ1n) is 16.9. The minimum atomic E-state index is -1.91. The van der Waals surface area contributed by atoms with Gasteiger partial charge in [-0.3, -0.25) is 0 Å². The number of hydrogen-bond acceptors (Lipinski definition) is 20. The largest absolute Gasteiger partial charge is 0.394 e. The van der Waals surface area contributed by atoms with Crippen LogP contribution in [0.1, 0.15) is 33.1 Å². The Balaban J connectivity index is 1.45. The Kier molecular flexibility index (Phi) is 15.9. The maximum Gasteiger partial charge on any atom is 0.187 e. The average molecular weight is 735 g/mol. The average Bonchev–Trinajstić information content (AvgIpc) is 3.10. The van der Waals surface area contributed by atoms with Crippen molar-refractivity contribution in [1.82, 2.24) is 0 Å². The lowest BCUT2D eigenvalue weighted by atomic mass is 9.94. The van der Waals surface area contributed by atoms with Crippen LogP contribution in [-0.2, 0) is 37.9 Å². The second kappa shape index (κ2) is 19.0. The molecule has 0 aromatic heterocycles. The number of aliphatic hydroxyl groups is 12. The molecule has 0 aromatic rings. The summed E-state index contributed by atoms with van der Waals surface area (Å²) in [5.41, 5.74) is 0. The van der Waals surface area contributed by atoms with Gasteiger partial charge in [0.2, 0.25) is 0 Å². The maximum atomic E-state index is 11.3. The van der Waals surface area contributed by atoms with E-state index < -0.39 is 149 Å². The van der Waals surface area contributed by atoms with E-state index in [0.717, 1.165) is 12.8 Å². The molecule has 20 unspecified atom stereocenters. The van der Waals surface area contributed by atoms with Crippen molar-refractivity contribution >= 4 is 0 Å². The molecule has 4 rings (SSSR count). The zero-order chi connectivity index (χ0) is 36.9. The Morgan fingerprint density at radius 1 is 0.460 bits per heavy atom. The predicted molar refractivity (Wildman–Crippen MR) is 161 cm³/mol. The lowest BCUT2D eigenvalue weighted by Gasteiger charge is -2.48. The topological polar surface area (TPSA) is 317 Å². The van der Waals surface area contributed by atoms with Crippen LogP contribution in [0.15, 0.2) is 0 Å². The summed E-state index contributed by atoms with van der Waals surface area (Å²) in [6, 6.07) is 0. The van der Waals surface area contributed by atoms with E-state index in [1.54, 1.807) is 0 Å². The van der Waals surface area contributed by atoms with Crippen molar-refractivity contribution < 1.29 is 99.2 Å². The Labute approximate surface area is 288 Å². The third-order valence-electron chi connectivity index (χ3n) is 9.48. The van der Waals surface area contributed by atoms with Crippen LogP contribution >= 0.6 is 0 Å². The monoisotopic (exact) mass is 734 g/mol. The van der Waals surface area contributed by atoms with Crippen molar-refractivity contribution in [2.24, 2.45) is 0 Å². The highest BCUT2D eigenvalue weighted by Crippen LogP contribution is 2.33. The number of rotatable bonds is 15. The van der Waals surface area contributed by atoms with E-state index in [0.29, 0.717) is 6.42 Å². The highest BCUT2D eigenvalue weighted by molar-refractivity contribution is 4.97. The zero-order valence-corrected chi connectivity index (χ0v) is 27.8. The van der Waals surface area contributed by atoms with Crippen LogP contribution in [0.3, 0.4) is 0 Å². The van der Waals surface area contributed by atoms with Gasteiger partial charge in [-0.05, 0) is 13.3 Å². The summed E-state index contributed by atoms with van der Waals surface area (Å²) in [6.45, 7) is 0.870. The van der Waals surface area contributed by atoms with E-state index in [2.05, 4.69) is 0 Å². The molecule has 20 atom stereocenters. The first-order chi connectivity index (χ1) is 23.8. The molecular formula is C30H54O20. The number of aliphatic hydroxyl groups excluding tert-OH is 12. The first-order valence-corrected chi connectivity index (χ1v) is 16.9. The molecule has 0 aromatic carbocycles. The summed E-state index contributed by atoms with van der Waals surface area (Å²) in [5, 5.41) is 125. The highest BCUT2D eigenvalue weighted by atomic mass is 16.7. The molecule has 50 heavy (non-hydrogen) atoms. The van der Waals surface area contributed by atoms with Gasteiger partial charge in [-0.2, -0.15) is 0 Å². The Morgan fingerprint density at radius 2 is 0.940 bits per heavy atom. The van der Waals surface area contributed by atoms with E-state index in [1.165, 1.54) is 6.92 Å². The molecule has 0 aliphatic carbocycles. The Hall–Kier alpha value is -0.800. The van der Waals surface area contributed by atoms with Gasteiger partial charge in [-0.25, -0.2) is 0 Å². The van der Waals surface area contributed by atoms with Crippen LogP contribution in [0.5, 0.6) is 0 Å². The van der Waals surface area contributed by atoms with Crippen molar-refractivity contribution in [3.8, 4) is 0 Å². The summed E-state index contributed by atoms with van der Waals surface area (Å²) < 4.78 is 44.9. The van der Waals surface area contributed by atoms with E-state index in [1.807, 2.05) is 6.92 Å². The first kappa shape index (κ1) is 41.9. The maximum absolute atomic E-state index is 11.3. The van der Waals surface area contributed by atoms with Crippen LogP contribution in [-0.4, -0.2) is 217 Å². The molecule has 4 aliphatic rings. The summed E-state index contributed by atoms with van der Waals surface area (Å²) in [6.07, 6.45) is -28.6. The quantitative estimate of drug-likeness (QED) is 0.0696. The van der Waals surface area contributed by atoms with Gasteiger partial charge < -0.3 is 99.2 Å². The number of hydrogen-bond donors (Lipinski definition) is 12. The number of ether oxygens (including phenoxy) is 8. The van der Waals surface area contributed by atoms with Crippen LogP contribution in [0, 0.1) is 0 Å². The third kappa shape index (κ3) is 9.28. The molecule has 0 amide bonds. The van der Waals surface area contributed by atoms with E-state index in [4.69, 9.17) is 37.9 Å². The minimum Gasteiger partial charge on any atom is -0.394 e. The smallest absolute Gasteiger partial charge is 0.187 e.